The summed E-state index contributed by atoms with van der Waals surface area (Å²) in [4.78, 5) is 0. The summed E-state index contributed by atoms with van der Waals surface area (Å²) in [6, 6.07) is 30.5. The zero-order valence-corrected chi connectivity index (χ0v) is 18.8. The van der Waals surface area contributed by atoms with Crippen LogP contribution in [0.5, 0.6) is 0 Å². The number of hydrogen-bond acceptors (Lipinski definition) is 0. The maximum Gasteiger partial charge on any atom is 0.0537 e. The van der Waals surface area contributed by atoms with Crippen molar-refractivity contribution in [1.29, 1.82) is 0 Å². The van der Waals surface area contributed by atoms with Gasteiger partial charge < -0.3 is 4.57 Å². The fourth-order valence-corrected chi connectivity index (χ4v) is 5.15. The lowest BCUT2D eigenvalue weighted by Crippen LogP contribution is -2.12. The Hall–Kier alpha value is -2.77. The van der Waals surface area contributed by atoms with E-state index in [1.807, 2.05) is 0 Å². The molecule has 0 amide bonds. The van der Waals surface area contributed by atoms with E-state index in [4.69, 9.17) is 11.6 Å². The molecule has 0 radical (unpaired) electrons. The van der Waals surface area contributed by atoms with Crippen molar-refractivity contribution in [2.75, 3.05) is 0 Å². The van der Waals surface area contributed by atoms with Crippen molar-refractivity contribution >= 4 is 11.6 Å². The number of halogens is 1. The first-order chi connectivity index (χ1) is 15.2. The molecule has 5 rings (SSSR count). The number of rotatable bonds is 4. The SMILES string of the molecule is Cc1ccc(-n2c(-c3ccccc3)cc(-c3ccccc3)c2C2CCCCC2)cc1Cl. The van der Waals surface area contributed by atoms with Crippen LogP contribution in [0.25, 0.3) is 28.1 Å². The number of benzene rings is 3. The van der Waals surface area contributed by atoms with Crippen molar-refractivity contribution in [2.24, 2.45) is 0 Å². The normalized spacial score (nSPS) is 14.6. The van der Waals surface area contributed by atoms with Gasteiger partial charge in [-0.1, -0.05) is 97.6 Å². The van der Waals surface area contributed by atoms with Gasteiger partial charge in [0.1, 0.15) is 0 Å². The van der Waals surface area contributed by atoms with E-state index >= 15 is 0 Å². The summed E-state index contributed by atoms with van der Waals surface area (Å²) in [6.45, 7) is 2.07. The van der Waals surface area contributed by atoms with Gasteiger partial charge >= 0.3 is 0 Å². The molecule has 1 saturated carbocycles. The second-order valence-electron chi connectivity index (χ2n) is 8.66. The van der Waals surface area contributed by atoms with E-state index in [-0.39, 0.29) is 0 Å². The number of aryl methyl sites for hydroxylation is 1. The largest absolute Gasteiger partial charge is 0.313 e. The summed E-state index contributed by atoms with van der Waals surface area (Å²) >= 11 is 6.61. The van der Waals surface area contributed by atoms with Gasteiger partial charge in [0.15, 0.2) is 0 Å². The monoisotopic (exact) mass is 425 g/mol. The highest BCUT2D eigenvalue weighted by atomic mass is 35.5. The molecule has 1 fully saturated rings. The van der Waals surface area contributed by atoms with Crippen molar-refractivity contribution < 1.29 is 0 Å². The zero-order valence-electron chi connectivity index (χ0n) is 18.0. The summed E-state index contributed by atoms with van der Waals surface area (Å²) in [6.07, 6.45) is 6.45. The molecule has 0 unspecified atom stereocenters. The molecule has 1 aliphatic rings. The van der Waals surface area contributed by atoms with E-state index in [9.17, 15) is 0 Å². The Balaban J connectivity index is 1.82. The molecule has 0 saturated heterocycles. The van der Waals surface area contributed by atoms with Crippen molar-refractivity contribution in [1.82, 2.24) is 4.57 Å². The summed E-state index contributed by atoms with van der Waals surface area (Å²) in [5, 5.41) is 0.820. The average molecular weight is 426 g/mol. The third-order valence-corrected chi connectivity index (χ3v) is 7.01. The molecule has 156 valence electrons. The highest BCUT2D eigenvalue weighted by molar-refractivity contribution is 6.31. The van der Waals surface area contributed by atoms with E-state index in [0.717, 1.165) is 16.3 Å². The van der Waals surface area contributed by atoms with Crippen LogP contribution in [0.1, 0.15) is 49.3 Å². The molecule has 0 N–H and O–H groups in total. The molecule has 2 heteroatoms. The Morgan fingerprint density at radius 2 is 1.39 bits per heavy atom. The molecule has 4 aromatic rings. The molecule has 1 nitrogen and oxygen atoms in total. The van der Waals surface area contributed by atoms with Crippen LogP contribution in [0, 0.1) is 6.92 Å². The molecule has 31 heavy (non-hydrogen) atoms. The van der Waals surface area contributed by atoms with Gasteiger partial charge in [-0.15, -0.1) is 0 Å². The minimum atomic E-state index is 0.557. The first-order valence-corrected chi connectivity index (χ1v) is 11.7. The third kappa shape index (κ3) is 3.95. The van der Waals surface area contributed by atoms with Crippen molar-refractivity contribution in [3.8, 4) is 28.1 Å². The van der Waals surface area contributed by atoms with Gasteiger partial charge in [0.05, 0.1) is 5.69 Å². The smallest absolute Gasteiger partial charge is 0.0537 e. The van der Waals surface area contributed by atoms with E-state index < -0.39 is 0 Å². The van der Waals surface area contributed by atoms with Crippen LogP contribution in [0.3, 0.4) is 0 Å². The predicted octanol–water partition coefficient (Wildman–Crippen LogP) is 8.82. The Morgan fingerprint density at radius 3 is 2.03 bits per heavy atom. The first kappa shape index (κ1) is 20.2. The fourth-order valence-electron chi connectivity index (χ4n) is 4.97. The molecule has 1 aromatic heterocycles. The molecule has 0 atom stereocenters. The highest BCUT2D eigenvalue weighted by Gasteiger charge is 2.26. The molecule has 0 bridgehead atoms. The van der Waals surface area contributed by atoms with Gasteiger partial charge in [-0.25, -0.2) is 0 Å². The minimum Gasteiger partial charge on any atom is -0.313 e. The van der Waals surface area contributed by atoms with Crippen LogP contribution in [-0.2, 0) is 0 Å². The molecule has 0 spiro atoms. The second-order valence-corrected chi connectivity index (χ2v) is 9.07. The van der Waals surface area contributed by atoms with Gasteiger partial charge in [0.25, 0.3) is 0 Å². The quantitative estimate of drug-likeness (QED) is 0.307. The molecule has 3 aromatic carbocycles. The van der Waals surface area contributed by atoms with Gasteiger partial charge in [-0.2, -0.15) is 0 Å². The molecule has 1 heterocycles. The maximum absolute atomic E-state index is 6.61. The van der Waals surface area contributed by atoms with Crippen molar-refractivity contribution in [3.05, 3.63) is 101 Å². The van der Waals surface area contributed by atoms with Gasteiger partial charge in [0.2, 0.25) is 0 Å². The summed E-state index contributed by atoms with van der Waals surface area (Å²) in [5.41, 5.74) is 8.81. The maximum atomic E-state index is 6.61. The van der Waals surface area contributed by atoms with E-state index in [2.05, 4.69) is 96.4 Å². The fraction of sp³-hybridized carbons (Fsp3) is 0.241. The zero-order chi connectivity index (χ0) is 21.2. The standard InChI is InChI=1S/C29H28ClN/c1-21-17-18-25(19-27(21)30)31-28(23-13-7-3-8-14-23)20-26(22-11-5-2-6-12-22)29(31)24-15-9-4-10-16-24/h2-3,5-8,11-14,17-20,24H,4,9-10,15-16H2,1H3. The van der Waals surface area contributed by atoms with Crippen LogP contribution in [0.2, 0.25) is 5.02 Å². The Labute approximate surface area is 190 Å². The van der Waals surface area contributed by atoms with Crippen LogP contribution < -0.4 is 0 Å². The van der Waals surface area contributed by atoms with Gasteiger partial charge in [0, 0.05) is 27.9 Å². The van der Waals surface area contributed by atoms with Crippen molar-refractivity contribution in [3.63, 3.8) is 0 Å². The summed E-state index contributed by atoms with van der Waals surface area (Å²) < 4.78 is 2.49. The lowest BCUT2D eigenvalue weighted by atomic mass is 9.84. The number of nitrogens with zero attached hydrogens (tertiary/aromatic N) is 1. The van der Waals surface area contributed by atoms with Crippen LogP contribution >= 0.6 is 11.6 Å². The lowest BCUT2D eigenvalue weighted by Gasteiger charge is -2.26. The minimum absolute atomic E-state index is 0.557. The summed E-state index contributed by atoms with van der Waals surface area (Å²) in [7, 11) is 0. The predicted molar refractivity (Wildman–Crippen MR) is 132 cm³/mol. The Bertz CT molecular complexity index is 1170. The van der Waals surface area contributed by atoms with E-state index in [0.29, 0.717) is 5.92 Å². The Kier molecular flexibility index (Phi) is 5.70. The first-order valence-electron chi connectivity index (χ1n) is 11.4. The van der Waals surface area contributed by atoms with E-state index in [1.54, 1.807) is 0 Å². The second kappa shape index (κ2) is 8.77. The highest BCUT2D eigenvalue weighted by Crippen LogP contribution is 2.44. The molecule has 1 aliphatic carbocycles. The Morgan fingerprint density at radius 1 is 0.742 bits per heavy atom. The summed E-state index contributed by atoms with van der Waals surface area (Å²) in [5.74, 6) is 0.557. The van der Waals surface area contributed by atoms with Crippen molar-refractivity contribution in [2.45, 2.75) is 44.9 Å². The molecular weight excluding hydrogens is 398 g/mol. The molecule has 0 aliphatic heterocycles. The van der Waals surface area contributed by atoms with Crippen LogP contribution in [0.4, 0.5) is 0 Å². The van der Waals surface area contributed by atoms with Gasteiger partial charge in [-0.05, 0) is 54.7 Å². The number of hydrogen-bond donors (Lipinski definition) is 0. The topological polar surface area (TPSA) is 4.93 Å². The third-order valence-electron chi connectivity index (χ3n) is 6.60. The molecular formula is C29H28ClN. The van der Waals surface area contributed by atoms with Crippen LogP contribution in [0.15, 0.2) is 84.9 Å². The van der Waals surface area contributed by atoms with E-state index in [1.165, 1.54) is 60.2 Å². The van der Waals surface area contributed by atoms with Gasteiger partial charge in [-0.3, -0.25) is 0 Å². The number of aromatic nitrogens is 1. The van der Waals surface area contributed by atoms with Crippen LogP contribution in [-0.4, -0.2) is 4.57 Å². The average Bonchev–Trinajstić information content (AvgIpc) is 3.23. The lowest BCUT2D eigenvalue weighted by molar-refractivity contribution is 0.434.